The molecule has 1 rings (SSSR count). The molecule has 0 bridgehead atoms. The molecule has 3 nitrogen and oxygen atoms in total. The number of rotatable bonds is 3. The number of hydrogen-bond donors (Lipinski definition) is 1. The Morgan fingerprint density at radius 2 is 2.33 bits per heavy atom. The molecule has 0 aromatic carbocycles. The molecule has 0 aromatic heterocycles. The minimum absolute atomic E-state index is 0.0844. The lowest BCUT2D eigenvalue weighted by Gasteiger charge is -2.35. The molecule has 1 fully saturated rings. The first-order valence-corrected chi connectivity index (χ1v) is 4.65. The van der Waals surface area contributed by atoms with E-state index in [9.17, 15) is 5.11 Å². The van der Waals surface area contributed by atoms with E-state index >= 15 is 0 Å². The minimum Gasteiger partial charge on any atom is -0.393 e. The van der Waals surface area contributed by atoms with Crippen LogP contribution in [0.4, 0.5) is 0 Å². The molecule has 0 amide bonds. The Kier molecular flexibility index (Phi) is 3.98. The van der Waals surface area contributed by atoms with E-state index < -0.39 is 0 Å². The monoisotopic (exact) mass is 173 g/mol. The van der Waals surface area contributed by atoms with Crippen molar-refractivity contribution in [2.45, 2.75) is 31.9 Å². The third-order valence-corrected chi connectivity index (χ3v) is 2.57. The smallest absolute Gasteiger partial charge is 0.0589 e. The fraction of sp³-hybridized carbons (Fsp3) is 1.00. The van der Waals surface area contributed by atoms with E-state index in [1.807, 2.05) is 0 Å². The average molecular weight is 173 g/mol. The van der Waals surface area contributed by atoms with Gasteiger partial charge >= 0.3 is 0 Å². The molecule has 12 heavy (non-hydrogen) atoms. The zero-order chi connectivity index (χ0) is 8.97. The van der Waals surface area contributed by atoms with Crippen LogP contribution in [0.15, 0.2) is 0 Å². The molecule has 2 atom stereocenters. The van der Waals surface area contributed by atoms with Gasteiger partial charge in [0.1, 0.15) is 0 Å². The lowest BCUT2D eigenvalue weighted by atomic mass is 10.0. The number of methoxy groups -OCH3 is 1. The number of nitrogens with zero attached hydrogens (tertiary/aromatic N) is 1. The average Bonchev–Trinajstić information content (AvgIpc) is 2.03. The quantitative estimate of drug-likeness (QED) is 0.673. The molecule has 0 unspecified atom stereocenters. The first-order chi connectivity index (χ1) is 5.74. The topological polar surface area (TPSA) is 32.7 Å². The molecule has 1 saturated heterocycles. The zero-order valence-electron chi connectivity index (χ0n) is 7.99. The maximum Gasteiger partial charge on any atom is 0.0589 e. The van der Waals surface area contributed by atoms with Crippen molar-refractivity contribution in [2.24, 2.45) is 0 Å². The largest absolute Gasteiger partial charge is 0.393 e. The van der Waals surface area contributed by atoms with E-state index in [1.54, 1.807) is 7.11 Å². The van der Waals surface area contributed by atoms with Crippen molar-refractivity contribution in [3.05, 3.63) is 0 Å². The second kappa shape index (κ2) is 4.80. The van der Waals surface area contributed by atoms with Gasteiger partial charge in [0.2, 0.25) is 0 Å². The van der Waals surface area contributed by atoms with Gasteiger partial charge < -0.3 is 9.84 Å². The second-order valence-electron chi connectivity index (χ2n) is 3.56. The number of aliphatic hydroxyl groups excluding tert-OH is 1. The van der Waals surface area contributed by atoms with Gasteiger partial charge in [-0.25, -0.2) is 0 Å². The second-order valence-corrected chi connectivity index (χ2v) is 3.56. The Morgan fingerprint density at radius 1 is 1.58 bits per heavy atom. The van der Waals surface area contributed by atoms with Crippen molar-refractivity contribution < 1.29 is 9.84 Å². The molecule has 1 N–H and O–H groups in total. The number of piperidine rings is 1. The summed E-state index contributed by atoms with van der Waals surface area (Å²) in [4.78, 5) is 2.37. The van der Waals surface area contributed by atoms with Crippen molar-refractivity contribution in [2.75, 3.05) is 26.8 Å². The molecular weight excluding hydrogens is 154 g/mol. The molecule has 0 spiro atoms. The Morgan fingerprint density at radius 3 is 2.92 bits per heavy atom. The Labute approximate surface area is 74.3 Å². The van der Waals surface area contributed by atoms with E-state index in [-0.39, 0.29) is 6.10 Å². The molecular formula is C9H19NO2. The van der Waals surface area contributed by atoms with Gasteiger partial charge in [0.25, 0.3) is 0 Å². The first kappa shape index (κ1) is 9.96. The van der Waals surface area contributed by atoms with Crippen LogP contribution in [0.5, 0.6) is 0 Å². The van der Waals surface area contributed by atoms with Crippen molar-refractivity contribution in [3.8, 4) is 0 Å². The highest BCUT2D eigenvalue weighted by atomic mass is 16.5. The predicted octanol–water partition coefficient (Wildman–Crippen LogP) is 0.478. The van der Waals surface area contributed by atoms with Gasteiger partial charge in [0.05, 0.1) is 12.7 Å². The molecule has 0 aromatic rings. The Hall–Kier alpha value is -0.120. The highest BCUT2D eigenvalue weighted by Crippen LogP contribution is 2.16. The molecule has 72 valence electrons. The van der Waals surface area contributed by atoms with Crippen LogP contribution in [-0.4, -0.2) is 49.0 Å². The van der Waals surface area contributed by atoms with Gasteiger partial charge in [0, 0.05) is 26.2 Å². The predicted molar refractivity (Wildman–Crippen MR) is 48.2 cm³/mol. The van der Waals surface area contributed by atoms with Gasteiger partial charge in [-0.05, 0) is 19.8 Å². The van der Waals surface area contributed by atoms with Crippen LogP contribution in [0, 0.1) is 0 Å². The summed E-state index contributed by atoms with van der Waals surface area (Å²) in [5, 5.41) is 9.36. The standard InChI is InChI=1S/C9H19NO2/c1-8-7-9(11)3-4-10(8)5-6-12-2/h8-9,11H,3-7H2,1-2H3/t8-,9-/m0/s1. The lowest BCUT2D eigenvalue weighted by Crippen LogP contribution is -2.43. The van der Waals surface area contributed by atoms with E-state index in [0.717, 1.165) is 32.5 Å². The Bertz CT molecular complexity index is 128. The van der Waals surface area contributed by atoms with Gasteiger partial charge in [-0.15, -0.1) is 0 Å². The van der Waals surface area contributed by atoms with Gasteiger partial charge in [-0.3, -0.25) is 4.90 Å². The number of likely N-dealkylation sites (tertiary alicyclic amines) is 1. The van der Waals surface area contributed by atoms with Crippen LogP contribution in [0.1, 0.15) is 19.8 Å². The van der Waals surface area contributed by atoms with Gasteiger partial charge in [-0.2, -0.15) is 0 Å². The van der Waals surface area contributed by atoms with Crippen molar-refractivity contribution in [3.63, 3.8) is 0 Å². The number of ether oxygens (including phenoxy) is 1. The van der Waals surface area contributed by atoms with Crippen LogP contribution in [0.3, 0.4) is 0 Å². The van der Waals surface area contributed by atoms with Crippen LogP contribution in [-0.2, 0) is 4.74 Å². The summed E-state index contributed by atoms with van der Waals surface area (Å²) in [7, 11) is 1.73. The highest BCUT2D eigenvalue weighted by Gasteiger charge is 2.22. The summed E-state index contributed by atoms with van der Waals surface area (Å²) in [6.45, 7) is 4.95. The van der Waals surface area contributed by atoms with E-state index in [0.29, 0.717) is 6.04 Å². The van der Waals surface area contributed by atoms with Crippen molar-refractivity contribution >= 4 is 0 Å². The summed E-state index contributed by atoms with van der Waals surface area (Å²) < 4.78 is 5.02. The third kappa shape index (κ3) is 2.73. The highest BCUT2D eigenvalue weighted by molar-refractivity contribution is 4.77. The first-order valence-electron chi connectivity index (χ1n) is 4.65. The van der Waals surface area contributed by atoms with Crippen molar-refractivity contribution in [1.29, 1.82) is 0 Å². The molecule has 3 heteroatoms. The summed E-state index contributed by atoms with van der Waals surface area (Å²) in [5.41, 5.74) is 0. The summed E-state index contributed by atoms with van der Waals surface area (Å²) in [5.74, 6) is 0. The van der Waals surface area contributed by atoms with Crippen LogP contribution < -0.4 is 0 Å². The third-order valence-electron chi connectivity index (χ3n) is 2.57. The van der Waals surface area contributed by atoms with E-state index in [2.05, 4.69) is 11.8 Å². The maximum atomic E-state index is 9.36. The normalized spacial score (nSPS) is 32.2. The summed E-state index contributed by atoms with van der Waals surface area (Å²) in [6, 6.07) is 0.504. The summed E-state index contributed by atoms with van der Waals surface area (Å²) >= 11 is 0. The van der Waals surface area contributed by atoms with Crippen LogP contribution in [0.2, 0.25) is 0 Å². The minimum atomic E-state index is -0.0844. The van der Waals surface area contributed by atoms with Gasteiger partial charge in [-0.1, -0.05) is 0 Å². The van der Waals surface area contributed by atoms with Crippen LogP contribution in [0.25, 0.3) is 0 Å². The number of aliphatic hydroxyl groups is 1. The van der Waals surface area contributed by atoms with E-state index in [4.69, 9.17) is 4.74 Å². The fourth-order valence-corrected chi connectivity index (χ4v) is 1.74. The molecule has 1 aliphatic rings. The fourth-order valence-electron chi connectivity index (χ4n) is 1.74. The molecule has 0 radical (unpaired) electrons. The van der Waals surface area contributed by atoms with Crippen LogP contribution >= 0.6 is 0 Å². The lowest BCUT2D eigenvalue weighted by molar-refractivity contribution is 0.0342. The molecule has 1 heterocycles. The Balaban J connectivity index is 2.25. The molecule has 0 aliphatic carbocycles. The van der Waals surface area contributed by atoms with E-state index in [1.165, 1.54) is 0 Å². The number of hydrogen-bond acceptors (Lipinski definition) is 3. The zero-order valence-corrected chi connectivity index (χ0v) is 7.99. The molecule has 1 aliphatic heterocycles. The maximum absolute atomic E-state index is 9.36. The van der Waals surface area contributed by atoms with Gasteiger partial charge in [0.15, 0.2) is 0 Å². The SMILES string of the molecule is COCCN1CC[C@H](O)C[C@@H]1C. The molecule has 0 saturated carbocycles. The van der Waals surface area contributed by atoms with Crippen molar-refractivity contribution in [1.82, 2.24) is 4.90 Å². The summed E-state index contributed by atoms with van der Waals surface area (Å²) in [6.07, 6.45) is 1.73.